The van der Waals surface area contributed by atoms with Gasteiger partial charge in [0.2, 0.25) is 0 Å². The molecule has 0 radical (unpaired) electrons. The lowest BCUT2D eigenvalue weighted by atomic mass is 9.94. The smallest absolute Gasteiger partial charge is 0.259 e. The molecule has 0 atom stereocenters. The van der Waals surface area contributed by atoms with Gasteiger partial charge in [-0.25, -0.2) is 0 Å². The number of phenolic OH excluding ortho intramolecular Hbond substituents is 2. The van der Waals surface area contributed by atoms with E-state index in [0.717, 1.165) is 32.1 Å². The lowest BCUT2D eigenvalue weighted by molar-refractivity contribution is 0.102. The summed E-state index contributed by atoms with van der Waals surface area (Å²) in [6.45, 7) is 8.32. The number of hydrogen-bond acceptors (Lipinski definition) is 4. The number of allylic oxidation sites excluding steroid dienone is 4. The van der Waals surface area contributed by atoms with Crippen molar-refractivity contribution in [2.75, 3.05) is 12.4 Å². The van der Waals surface area contributed by atoms with Crippen molar-refractivity contribution in [1.29, 1.82) is 0 Å². The number of hydrogen-bond donors (Lipinski definition) is 3. The van der Waals surface area contributed by atoms with Crippen LogP contribution in [-0.4, -0.2) is 23.2 Å². The number of amides is 1. The third-order valence-electron chi connectivity index (χ3n) is 5.83. The number of carbonyl (C=O) groups excluding carboxylic acids is 1. The summed E-state index contributed by atoms with van der Waals surface area (Å²) in [6, 6.07) is 8.68. The van der Waals surface area contributed by atoms with Gasteiger partial charge in [0.25, 0.3) is 5.91 Å². The number of nitrogens with one attached hydrogen (secondary N) is 1. The van der Waals surface area contributed by atoms with E-state index < -0.39 is 0 Å². The number of anilines is 1. The molecule has 0 bridgehead atoms. The summed E-state index contributed by atoms with van der Waals surface area (Å²) >= 11 is 0. The molecule has 0 aliphatic carbocycles. The topological polar surface area (TPSA) is 78.8 Å². The number of methoxy groups -OCH3 is 1. The van der Waals surface area contributed by atoms with Gasteiger partial charge in [-0.15, -0.1) is 0 Å². The van der Waals surface area contributed by atoms with E-state index in [1.54, 1.807) is 37.4 Å². The van der Waals surface area contributed by atoms with E-state index >= 15 is 0 Å². The summed E-state index contributed by atoms with van der Waals surface area (Å²) in [5.41, 5.74) is 4.33. The number of benzene rings is 2. The van der Waals surface area contributed by atoms with E-state index in [2.05, 4.69) is 32.2 Å². The van der Waals surface area contributed by atoms with Gasteiger partial charge in [0.1, 0.15) is 17.2 Å². The Labute approximate surface area is 204 Å². The highest BCUT2D eigenvalue weighted by Gasteiger charge is 2.22. The van der Waals surface area contributed by atoms with Crippen molar-refractivity contribution in [3.63, 3.8) is 0 Å². The van der Waals surface area contributed by atoms with Gasteiger partial charge in [-0.1, -0.05) is 43.1 Å². The number of aromatic hydroxyl groups is 2. The van der Waals surface area contributed by atoms with Crippen LogP contribution in [0.5, 0.6) is 17.2 Å². The average Bonchev–Trinajstić information content (AvgIpc) is 2.79. The van der Waals surface area contributed by atoms with Crippen LogP contribution in [0.15, 0.2) is 53.6 Å². The summed E-state index contributed by atoms with van der Waals surface area (Å²) in [4.78, 5) is 13.2. The molecular formula is C29H39NO4. The fraction of sp³-hybridized carbons (Fsp3) is 0.414. The van der Waals surface area contributed by atoms with E-state index in [0.29, 0.717) is 35.4 Å². The van der Waals surface area contributed by atoms with Gasteiger partial charge in [0.05, 0.1) is 12.7 Å². The van der Waals surface area contributed by atoms with Crippen LogP contribution in [0, 0.1) is 0 Å². The first kappa shape index (κ1) is 27.0. The predicted octanol–water partition coefficient (Wildman–Crippen LogP) is 7.33. The first-order chi connectivity index (χ1) is 16.3. The fourth-order valence-electron chi connectivity index (χ4n) is 3.80. The second-order valence-electron chi connectivity index (χ2n) is 8.97. The number of aryl methyl sites for hydroxylation is 1. The Kier molecular flexibility index (Phi) is 10.7. The molecule has 0 heterocycles. The molecule has 0 saturated carbocycles. The standard InChI is InChI=1S/C29H39NO4/c1-6-7-8-12-22-19-26(31)25(18-13-21(4)11-9-10-20(2)3)28(32)27(22)29(33)30-23-14-16-24(34-5)17-15-23/h10,13-17,19,31-32H,6-9,11-12,18H2,1-5H3,(H,30,33). The normalized spacial score (nSPS) is 11.3. The van der Waals surface area contributed by atoms with Gasteiger partial charge in [-0.2, -0.15) is 0 Å². The van der Waals surface area contributed by atoms with E-state index in [9.17, 15) is 15.0 Å². The molecule has 5 heteroatoms. The third kappa shape index (κ3) is 7.98. The van der Waals surface area contributed by atoms with Gasteiger partial charge < -0.3 is 20.3 Å². The predicted molar refractivity (Wildman–Crippen MR) is 140 cm³/mol. The van der Waals surface area contributed by atoms with Crippen LogP contribution in [-0.2, 0) is 12.8 Å². The molecule has 34 heavy (non-hydrogen) atoms. The monoisotopic (exact) mass is 465 g/mol. The number of rotatable bonds is 12. The quantitative estimate of drug-likeness (QED) is 0.226. The molecule has 0 spiro atoms. The molecule has 5 nitrogen and oxygen atoms in total. The van der Waals surface area contributed by atoms with Crippen molar-refractivity contribution in [3.05, 3.63) is 70.3 Å². The van der Waals surface area contributed by atoms with Gasteiger partial charge in [0.15, 0.2) is 0 Å². The molecule has 0 aromatic heterocycles. The minimum atomic E-state index is -0.389. The first-order valence-electron chi connectivity index (χ1n) is 12.1. The molecule has 0 fully saturated rings. The van der Waals surface area contributed by atoms with Crippen LogP contribution in [0.4, 0.5) is 5.69 Å². The molecule has 2 rings (SSSR count). The first-order valence-corrected chi connectivity index (χ1v) is 12.1. The Balaban J connectivity index is 2.34. The number of unbranched alkanes of at least 4 members (excludes halogenated alkanes) is 2. The molecule has 0 saturated heterocycles. The van der Waals surface area contributed by atoms with Crippen molar-refractivity contribution >= 4 is 11.6 Å². The average molecular weight is 466 g/mol. The zero-order valence-electron chi connectivity index (χ0n) is 21.2. The highest BCUT2D eigenvalue weighted by molar-refractivity contribution is 6.07. The number of ether oxygens (including phenoxy) is 1. The largest absolute Gasteiger partial charge is 0.508 e. The van der Waals surface area contributed by atoms with E-state index in [1.807, 2.05) is 13.0 Å². The van der Waals surface area contributed by atoms with Crippen LogP contribution in [0.3, 0.4) is 0 Å². The Bertz CT molecular complexity index is 1020. The van der Waals surface area contributed by atoms with Gasteiger partial charge in [-0.3, -0.25) is 4.79 Å². The summed E-state index contributed by atoms with van der Waals surface area (Å²) < 4.78 is 5.17. The highest BCUT2D eigenvalue weighted by Crippen LogP contribution is 2.36. The molecule has 184 valence electrons. The van der Waals surface area contributed by atoms with E-state index in [-0.39, 0.29) is 23.0 Å². The number of phenols is 2. The lowest BCUT2D eigenvalue weighted by Crippen LogP contribution is -2.15. The summed E-state index contributed by atoms with van der Waals surface area (Å²) in [6.07, 6.45) is 9.96. The lowest BCUT2D eigenvalue weighted by Gasteiger charge is -2.16. The Hall–Kier alpha value is -3.21. The molecule has 0 aliphatic rings. The van der Waals surface area contributed by atoms with Crippen LogP contribution in [0.1, 0.15) is 81.3 Å². The molecule has 2 aromatic carbocycles. The van der Waals surface area contributed by atoms with Gasteiger partial charge in [0, 0.05) is 11.3 Å². The molecular weight excluding hydrogens is 426 g/mol. The summed E-state index contributed by atoms with van der Waals surface area (Å²) in [5.74, 6) is 0.184. The zero-order chi connectivity index (χ0) is 25.1. The fourth-order valence-corrected chi connectivity index (χ4v) is 3.80. The maximum absolute atomic E-state index is 13.2. The van der Waals surface area contributed by atoms with E-state index in [4.69, 9.17) is 4.74 Å². The molecule has 1 amide bonds. The Morgan fingerprint density at radius 2 is 1.76 bits per heavy atom. The van der Waals surface area contributed by atoms with E-state index in [1.165, 1.54) is 11.1 Å². The minimum Gasteiger partial charge on any atom is -0.508 e. The second-order valence-corrected chi connectivity index (χ2v) is 8.97. The Morgan fingerprint density at radius 3 is 2.38 bits per heavy atom. The molecule has 2 aromatic rings. The molecule has 0 unspecified atom stereocenters. The van der Waals surface area contributed by atoms with Crippen LogP contribution in [0.25, 0.3) is 0 Å². The van der Waals surface area contributed by atoms with Crippen LogP contribution in [0.2, 0.25) is 0 Å². The van der Waals surface area contributed by atoms with Crippen molar-refractivity contribution in [1.82, 2.24) is 0 Å². The van der Waals surface area contributed by atoms with Crippen molar-refractivity contribution in [2.24, 2.45) is 0 Å². The van der Waals surface area contributed by atoms with Crippen molar-refractivity contribution in [3.8, 4) is 17.2 Å². The number of carbonyl (C=O) groups is 1. The van der Waals surface area contributed by atoms with Crippen molar-refractivity contribution < 1.29 is 19.7 Å². The Morgan fingerprint density at radius 1 is 1.06 bits per heavy atom. The SMILES string of the molecule is CCCCCc1cc(O)c(CC=C(C)CCC=C(C)C)c(O)c1C(=O)Nc1ccc(OC)cc1. The molecule has 3 N–H and O–H groups in total. The van der Waals surface area contributed by atoms with Gasteiger partial charge in [-0.05, 0) is 88.8 Å². The summed E-state index contributed by atoms with van der Waals surface area (Å²) in [5, 5.41) is 24.7. The minimum absolute atomic E-state index is 0.0262. The van der Waals surface area contributed by atoms with Crippen molar-refractivity contribution in [2.45, 2.75) is 72.6 Å². The zero-order valence-corrected chi connectivity index (χ0v) is 21.2. The molecule has 0 aliphatic heterocycles. The summed E-state index contributed by atoms with van der Waals surface area (Å²) in [7, 11) is 1.59. The van der Waals surface area contributed by atoms with Gasteiger partial charge >= 0.3 is 0 Å². The van der Waals surface area contributed by atoms with Crippen LogP contribution >= 0.6 is 0 Å². The maximum Gasteiger partial charge on any atom is 0.259 e. The highest BCUT2D eigenvalue weighted by atomic mass is 16.5. The van der Waals surface area contributed by atoms with Crippen LogP contribution < -0.4 is 10.1 Å². The second kappa shape index (κ2) is 13.5. The third-order valence-corrected chi connectivity index (χ3v) is 5.83. The maximum atomic E-state index is 13.2.